The first kappa shape index (κ1) is 15.5. The van der Waals surface area contributed by atoms with Crippen molar-refractivity contribution in [1.29, 1.82) is 0 Å². The van der Waals surface area contributed by atoms with Crippen molar-refractivity contribution in [3.05, 3.63) is 28.8 Å². The van der Waals surface area contributed by atoms with Gasteiger partial charge in [0.25, 0.3) is 0 Å². The number of fused-ring (bicyclic) bond motifs is 2. The van der Waals surface area contributed by atoms with Gasteiger partial charge in [0.05, 0.1) is 24.2 Å². The summed E-state index contributed by atoms with van der Waals surface area (Å²) in [4.78, 5) is 6.78. The summed E-state index contributed by atoms with van der Waals surface area (Å²) < 4.78 is 6.30. The molecule has 0 saturated heterocycles. The summed E-state index contributed by atoms with van der Waals surface area (Å²) in [5, 5.41) is 0. The second-order valence-corrected chi connectivity index (χ2v) is 6.77. The smallest absolute Gasteiger partial charge is 0.0934 e. The van der Waals surface area contributed by atoms with E-state index in [9.17, 15) is 0 Å². The Balaban J connectivity index is 1.95. The monoisotopic (exact) mass is 300 g/mol. The van der Waals surface area contributed by atoms with Crippen molar-refractivity contribution >= 4 is 12.0 Å². The summed E-state index contributed by atoms with van der Waals surface area (Å²) in [6, 6.07) is 4.64. The Hall–Kier alpha value is -1.35. The third-order valence-electron chi connectivity index (χ3n) is 5.22. The fourth-order valence-electron chi connectivity index (χ4n) is 3.72. The molecule has 3 heteroatoms. The molecule has 0 unspecified atom stereocenters. The molecule has 3 nitrogen and oxygen atoms in total. The van der Waals surface area contributed by atoms with E-state index in [1.165, 1.54) is 48.8 Å². The molecule has 1 fully saturated rings. The van der Waals surface area contributed by atoms with Crippen LogP contribution in [0.5, 0.6) is 0 Å². The average molecular weight is 300 g/mol. The standard InChI is InChI=1S/C19H28N2O/c1-4-21(3)14-20-18-13-16-8-11-22-19(9-6-5-7-10-19)17(16)12-15(18)2/h12-14H,4-11H2,1-3H3/b20-14+. The molecule has 0 bridgehead atoms. The first-order valence-corrected chi connectivity index (χ1v) is 8.67. The van der Waals surface area contributed by atoms with Gasteiger partial charge < -0.3 is 9.64 Å². The Morgan fingerprint density at radius 1 is 1.27 bits per heavy atom. The van der Waals surface area contributed by atoms with E-state index in [4.69, 9.17) is 4.74 Å². The number of ether oxygens (including phenoxy) is 1. The molecular weight excluding hydrogens is 272 g/mol. The maximum absolute atomic E-state index is 6.30. The molecule has 0 radical (unpaired) electrons. The molecule has 1 saturated carbocycles. The Morgan fingerprint density at radius 2 is 2.05 bits per heavy atom. The van der Waals surface area contributed by atoms with Crippen LogP contribution in [0.15, 0.2) is 17.1 Å². The van der Waals surface area contributed by atoms with Crippen LogP contribution in [0.25, 0.3) is 0 Å². The van der Waals surface area contributed by atoms with E-state index in [1.807, 2.05) is 6.34 Å². The van der Waals surface area contributed by atoms with Gasteiger partial charge in [-0.1, -0.05) is 25.3 Å². The number of benzene rings is 1. The van der Waals surface area contributed by atoms with Gasteiger partial charge in [0.15, 0.2) is 0 Å². The summed E-state index contributed by atoms with van der Waals surface area (Å²) in [5.74, 6) is 0. The van der Waals surface area contributed by atoms with Crippen molar-refractivity contribution in [2.45, 2.75) is 58.0 Å². The highest BCUT2D eigenvalue weighted by Crippen LogP contribution is 2.45. The number of aryl methyl sites for hydroxylation is 1. The maximum atomic E-state index is 6.30. The molecule has 0 atom stereocenters. The molecule has 2 aliphatic rings. The van der Waals surface area contributed by atoms with Crippen molar-refractivity contribution in [3.8, 4) is 0 Å². The molecule has 0 N–H and O–H groups in total. The van der Waals surface area contributed by atoms with Crippen molar-refractivity contribution in [2.75, 3.05) is 20.2 Å². The van der Waals surface area contributed by atoms with Gasteiger partial charge in [0, 0.05) is 13.6 Å². The molecular formula is C19H28N2O. The molecule has 120 valence electrons. The first-order valence-electron chi connectivity index (χ1n) is 8.67. The molecule has 1 aliphatic heterocycles. The highest BCUT2D eigenvalue weighted by atomic mass is 16.5. The van der Waals surface area contributed by atoms with Crippen molar-refractivity contribution in [3.63, 3.8) is 0 Å². The largest absolute Gasteiger partial charge is 0.370 e. The average Bonchev–Trinajstić information content (AvgIpc) is 2.54. The zero-order valence-electron chi connectivity index (χ0n) is 14.2. The molecule has 1 spiro atoms. The van der Waals surface area contributed by atoms with Crippen LogP contribution in [-0.4, -0.2) is 31.4 Å². The Kier molecular flexibility index (Phi) is 4.53. The predicted octanol–water partition coefficient (Wildman–Crippen LogP) is 4.34. The summed E-state index contributed by atoms with van der Waals surface area (Å²) in [6.45, 7) is 6.14. The van der Waals surface area contributed by atoms with Crippen LogP contribution >= 0.6 is 0 Å². The molecule has 1 aromatic carbocycles. The molecule has 1 aromatic rings. The van der Waals surface area contributed by atoms with E-state index in [1.54, 1.807) is 0 Å². The third-order valence-corrected chi connectivity index (χ3v) is 5.22. The van der Waals surface area contributed by atoms with Crippen molar-refractivity contribution in [1.82, 2.24) is 4.90 Å². The lowest BCUT2D eigenvalue weighted by atomic mass is 9.75. The maximum Gasteiger partial charge on any atom is 0.0934 e. The number of rotatable bonds is 3. The SMILES string of the molecule is CCN(C)/C=N/c1cc2c(cc1C)C1(CCCCC1)OCC2. The van der Waals surface area contributed by atoms with Crippen LogP contribution in [0, 0.1) is 6.92 Å². The van der Waals surface area contributed by atoms with E-state index in [0.717, 1.165) is 25.3 Å². The minimum atomic E-state index is -0.000945. The fourth-order valence-corrected chi connectivity index (χ4v) is 3.72. The Labute approximate surface area is 134 Å². The Bertz CT molecular complexity index is 559. The second-order valence-electron chi connectivity index (χ2n) is 6.77. The summed E-state index contributed by atoms with van der Waals surface area (Å²) in [7, 11) is 2.06. The lowest BCUT2D eigenvalue weighted by Crippen LogP contribution is -2.37. The molecule has 0 aromatic heterocycles. The van der Waals surface area contributed by atoms with Gasteiger partial charge in [-0.25, -0.2) is 4.99 Å². The van der Waals surface area contributed by atoms with E-state index >= 15 is 0 Å². The van der Waals surface area contributed by atoms with Crippen molar-refractivity contribution < 1.29 is 4.74 Å². The summed E-state index contributed by atoms with van der Waals surface area (Å²) in [5.41, 5.74) is 5.25. The summed E-state index contributed by atoms with van der Waals surface area (Å²) >= 11 is 0. The van der Waals surface area contributed by atoms with Gasteiger partial charge >= 0.3 is 0 Å². The highest BCUT2D eigenvalue weighted by Gasteiger charge is 2.39. The zero-order chi connectivity index (χ0) is 15.6. The molecule has 3 rings (SSSR count). The minimum Gasteiger partial charge on any atom is -0.370 e. The van der Waals surface area contributed by atoms with E-state index < -0.39 is 0 Å². The fraction of sp³-hybridized carbons (Fsp3) is 0.632. The molecule has 1 heterocycles. The number of hydrogen-bond acceptors (Lipinski definition) is 2. The van der Waals surface area contributed by atoms with Crippen LogP contribution in [0.1, 0.15) is 55.7 Å². The van der Waals surface area contributed by atoms with Crippen LogP contribution < -0.4 is 0 Å². The number of hydrogen-bond donors (Lipinski definition) is 0. The molecule has 1 aliphatic carbocycles. The number of nitrogens with zero attached hydrogens (tertiary/aromatic N) is 2. The van der Waals surface area contributed by atoms with Crippen LogP contribution in [-0.2, 0) is 16.8 Å². The second kappa shape index (κ2) is 6.41. The normalized spacial score (nSPS) is 20.3. The highest BCUT2D eigenvalue weighted by molar-refractivity contribution is 5.64. The topological polar surface area (TPSA) is 24.8 Å². The zero-order valence-corrected chi connectivity index (χ0v) is 14.2. The van der Waals surface area contributed by atoms with Crippen LogP contribution in [0.2, 0.25) is 0 Å². The van der Waals surface area contributed by atoms with Crippen LogP contribution in [0.4, 0.5) is 5.69 Å². The van der Waals surface area contributed by atoms with Gasteiger partial charge in [-0.15, -0.1) is 0 Å². The van der Waals surface area contributed by atoms with E-state index in [0.29, 0.717) is 0 Å². The molecule has 22 heavy (non-hydrogen) atoms. The van der Waals surface area contributed by atoms with Gasteiger partial charge in [-0.05, 0) is 55.9 Å². The van der Waals surface area contributed by atoms with Gasteiger partial charge in [-0.3, -0.25) is 0 Å². The quantitative estimate of drug-likeness (QED) is 0.613. The van der Waals surface area contributed by atoms with Gasteiger partial charge in [-0.2, -0.15) is 0 Å². The molecule has 0 amide bonds. The van der Waals surface area contributed by atoms with Crippen LogP contribution in [0.3, 0.4) is 0 Å². The van der Waals surface area contributed by atoms with Gasteiger partial charge in [0.2, 0.25) is 0 Å². The van der Waals surface area contributed by atoms with E-state index in [2.05, 4.69) is 42.9 Å². The van der Waals surface area contributed by atoms with E-state index in [-0.39, 0.29) is 5.60 Å². The van der Waals surface area contributed by atoms with Gasteiger partial charge in [0.1, 0.15) is 0 Å². The first-order chi connectivity index (χ1) is 10.6. The summed E-state index contributed by atoms with van der Waals surface area (Å²) in [6.07, 6.45) is 9.25. The third kappa shape index (κ3) is 2.91. The minimum absolute atomic E-state index is 0.000945. The predicted molar refractivity (Wildman–Crippen MR) is 92.1 cm³/mol. The Morgan fingerprint density at radius 3 is 2.77 bits per heavy atom. The number of aliphatic imine (C=N–C) groups is 1. The lowest BCUT2D eigenvalue weighted by Gasteiger charge is -2.42. The van der Waals surface area contributed by atoms with Crippen molar-refractivity contribution in [2.24, 2.45) is 4.99 Å². The lowest BCUT2D eigenvalue weighted by molar-refractivity contribution is -0.0847.